The molecule has 0 aliphatic carbocycles. The highest BCUT2D eigenvalue weighted by Crippen LogP contribution is 2.30. The van der Waals surface area contributed by atoms with E-state index in [1.165, 1.54) is 0 Å². The molecule has 2 heterocycles. The maximum atomic E-state index is 12.2. The molecule has 0 radical (unpaired) electrons. The van der Waals surface area contributed by atoms with Crippen molar-refractivity contribution in [1.29, 1.82) is 0 Å². The van der Waals surface area contributed by atoms with E-state index in [9.17, 15) is 13.2 Å². The third-order valence-electron chi connectivity index (χ3n) is 1.59. The molecule has 2 N–H and O–H groups in total. The van der Waals surface area contributed by atoms with E-state index < -0.39 is 11.7 Å². The van der Waals surface area contributed by atoms with E-state index in [1.54, 1.807) is 0 Å². The number of alkyl halides is 3. The summed E-state index contributed by atoms with van der Waals surface area (Å²) >= 11 is 0. The summed E-state index contributed by atoms with van der Waals surface area (Å²) in [4.78, 5) is 6.98. The number of fused-ring (bicyclic) bond motifs is 1. The zero-order chi connectivity index (χ0) is 10.3. The van der Waals surface area contributed by atoms with Gasteiger partial charge in [0.1, 0.15) is 5.52 Å². The molecule has 2 aromatic rings. The fraction of sp³-hybridized carbons (Fsp3) is 0.143. The molecule has 7 heteroatoms. The molecule has 2 aromatic heterocycles. The highest BCUT2D eigenvalue weighted by molar-refractivity contribution is 5.70. The predicted molar refractivity (Wildman–Crippen MR) is 41.2 cm³/mol. The summed E-state index contributed by atoms with van der Waals surface area (Å²) in [5.41, 5.74) is 4.27. The molecule has 0 fully saturated rings. The maximum Gasteiger partial charge on any atom is 0.417 e. The first-order valence-corrected chi connectivity index (χ1v) is 3.56. The minimum absolute atomic E-state index is 0.00248. The van der Waals surface area contributed by atoms with Crippen molar-refractivity contribution in [3.8, 4) is 0 Å². The quantitative estimate of drug-likeness (QED) is 0.709. The van der Waals surface area contributed by atoms with Crippen LogP contribution in [0.4, 0.5) is 19.2 Å². The molecule has 0 aromatic carbocycles. The van der Waals surface area contributed by atoms with Crippen LogP contribution < -0.4 is 5.73 Å². The molecule has 0 aliphatic heterocycles. The van der Waals surface area contributed by atoms with E-state index in [0.717, 1.165) is 6.07 Å². The maximum absolute atomic E-state index is 12.2. The normalized spacial score (nSPS) is 12.2. The zero-order valence-corrected chi connectivity index (χ0v) is 6.67. The Bertz CT molecular complexity index is 476. The molecule has 0 amide bonds. The molecular formula is C7H4F3N3O. The number of nitrogens with two attached hydrogens (primary N) is 1. The Kier molecular flexibility index (Phi) is 1.63. The lowest BCUT2D eigenvalue weighted by atomic mass is 10.3. The van der Waals surface area contributed by atoms with Crippen molar-refractivity contribution >= 4 is 17.2 Å². The van der Waals surface area contributed by atoms with Crippen molar-refractivity contribution in [2.24, 2.45) is 0 Å². The van der Waals surface area contributed by atoms with Crippen LogP contribution in [0.15, 0.2) is 16.7 Å². The Morgan fingerprint density at radius 3 is 2.71 bits per heavy atom. The van der Waals surface area contributed by atoms with E-state index in [-0.39, 0.29) is 17.2 Å². The fourth-order valence-corrected chi connectivity index (χ4v) is 0.995. The number of aromatic nitrogens is 2. The van der Waals surface area contributed by atoms with Crippen molar-refractivity contribution in [2.45, 2.75) is 6.18 Å². The third-order valence-corrected chi connectivity index (χ3v) is 1.59. The number of oxazole rings is 1. The standard InChI is InChI=1S/C7H4F3N3O/c8-7(9,10)3-1-4-5(12-2-3)14-6(11)13-4/h1-2H,(H2,11,13). The lowest BCUT2D eigenvalue weighted by molar-refractivity contribution is -0.137. The van der Waals surface area contributed by atoms with Crippen molar-refractivity contribution in [3.05, 3.63) is 17.8 Å². The average Bonchev–Trinajstić information content (AvgIpc) is 2.41. The van der Waals surface area contributed by atoms with E-state index in [4.69, 9.17) is 10.2 Å². The van der Waals surface area contributed by atoms with Crippen LogP contribution in [0.1, 0.15) is 5.56 Å². The molecule has 0 spiro atoms. The highest BCUT2D eigenvalue weighted by Gasteiger charge is 2.31. The number of nitrogens with zero attached hydrogens (tertiary/aromatic N) is 2. The smallest absolute Gasteiger partial charge is 0.405 e. The van der Waals surface area contributed by atoms with Gasteiger partial charge in [-0.25, -0.2) is 4.98 Å². The van der Waals surface area contributed by atoms with Gasteiger partial charge in [0.15, 0.2) is 0 Å². The zero-order valence-electron chi connectivity index (χ0n) is 6.67. The van der Waals surface area contributed by atoms with E-state index >= 15 is 0 Å². The van der Waals surface area contributed by atoms with Gasteiger partial charge in [0.2, 0.25) is 5.71 Å². The number of halogens is 3. The molecule has 4 nitrogen and oxygen atoms in total. The van der Waals surface area contributed by atoms with Gasteiger partial charge in [-0.2, -0.15) is 18.2 Å². The monoisotopic (exact) mass is 203 g/mol. The second kappa shape index (κ2) is 2.60. The van der Waals surface area contributed by atoms with Crippen molar-refractivity contribution in [2.75, 3.05) is 5.73 Å². The first kappa shape index (κ1) is 8.79. The first-order valence-electron chi connectivity index (χ1n) is 3.56. The first-order chi connectivity index (χ1) is 6.47. The van der Waals surface area contributed by atoms with Crippen LogP contribution in [0.25, 0.3) is 11.2 Å². The number of rotatable bonds is 0. The molecule has 0 saturated heterocycles. The van der Waals surface area contributed by atoms with Gasteiger partial charge in [-0.15, -0.1) is 0 Å². The summed E-state index contributed by atoms with van der Waals surface area (Å²) in [6.07, 6.45) is -3.76. The molecule has 0 aliphatic rings. The minimum atomic E-state index is -4.44. The summed E-state index contributed by atoms with van der Waals surface area (Å²) in [6.45, 7) is 0. The third kappa shape index (κ3) is 1.36. The second-order valence-corrected chi connectivity index (χ2v) is 2.60. The molecule has 14 heavy (non-hydrogen) atoms. The molecule has 0 bridgehead atoms. The van der Waals surface area contributed by atoms with Gasteiger partial charge in [0.25, 0.3) is 6.01 Å². The van der Waals surface area contributed by atoms with Crippen LogP contribution in [-0.2, 0) is 6.18 Å². The van der Waals surface area contributed by atoms with E-state index in [1.807, 2.05) is 0 Å². The van der Waals surface area contributed by atoms with Gasteiger partial charge >= 0.3 is 6.18 Å². The minimum Gasteiger partial charge on any atom is -0.405 e. The van der Waals surface area contributed by atoms with Gasteiger partial charge in [0, 0.05) is 6.20 Å². The van der Waals surface area contributed by atoms with Crippen LogP contribution in [0.3, 0.4) is 0 Å². The Morgan fingerprint density at radius 2 is 2.07 bits per heavy atom. The van der Waals surface area contributed by atoms with Gasteiger partial charge in [-0.05, 0) is 6.07 Å². The number of hydrogen-bond donors (Lipinski definition) is 1. The summed E-state index contributed by atoms with van der Waals surface area (Å²) in [5.74, 6) is 0. The lowest BCUT2D eigenvalue weighted by Crippen LogP contribution is -2.04. The Balaban J connectivity index is 2.62. The summed E-state index contributed by atoms with van der Waals surface area (Å²) in [5, 5.41) is 0. The van der Waals surface area contributed by atoms with Crippen LogP contribution >= 0.6 is 0 Å². The van der Waals surface area contributed by atoms with Crippen LogP contribution in [0.5, 0.6) is 0 Å². The molecule has 0 atom stereocenters. The largest absolute Gasteiger partial charge is 0.417 e. The van der Waals surface area contributed by atoms with Gasteiger partial charge < -0.3 is 10.2 Å². The SMILES string of the molecule is Nc1nc2cc(C(F)(F)F)cnc2o1. The van der Waals surface area contributed by atoms with Crippen molar-refractivity contribution in [3.63, 3.8) is 0 Å². The molecular weight excluding hydrogens is 199 g/mol. The van der Waals surface area contributed by atoms with Crippen molar-refractivity contribution in [1.82, 2.24) is 9.97 Å². The Morgan fingerprint density at radius 1 is 1.36 bits per heavy atom. The Labute approximate surface area is 75.5 Å². The van der Waals surface area contributed by atoms with E-state index in [0.29, 0.717) is 6.20 Å². The predicted octanol–water partition coefficient (Wildman–Crippen LogP) is 1.82. The van der Waals surface area contributed by atoms with E-state index in [2.05, 4.69) is 9.97 Å². The van der Waals surface area contributed by atoms with Gasteiger partial charge in [0.05, 0.1) is 5.56 Å². The number of anilines is 1. The number of nitrogen functional groups attached to an aromatic ring is 1. The topological polar surface area (TPSA) is 64.9 Å². The van der Waals surface area contributed by atoms with Gasteiger partial charge in [-0.3, -0.25) is 0 Å². The second-order valence-electron chi connectivity index (χ2n) is 2.60. The van der Waals surface area contributed by atoms with Gasteiger partial charge in [-0.1, -0.05) is 0 Å². The lowest BCUT2D eigenvalue weighted by Gasteiger charge is -2.03. The summed E-state index contributed by atoms with van der Waals surface area (Å²) in [7, 11) is 0. The van der Waals surface area contributed by atoms with Crippen molar-refractivity contribution < 1.29 is 17.6 Å². The molecule has 0 saturated carbocycles. The molecule has 2 rings (SSSR count). The molecule has 0 unspecified atom stereocenters. The van der Waals surface area contributed by atoms with Crippen LogP contribution in [0, 0.1) is 0 Å². The summed E-state index contributed by atoms with van der Waals surface area (Å²) in [6, 6.07) is 0.633. The fourth-order valence-electron chi connectivity index (χ4n) is 0.995. The average molecular weight is 203 g/mol. The summed E-state index contributed by atoms with van der Waals surface area (Å²) < 4.78 is 41.3. The number of hydrogen-bond acceptors (Lipinski definition) is 4. The highest BCUT2D eigenvalue weighted by atomic mass is 19.4. The van der Waals surface area contributed by atoms with Crippen LogP contribution in [-0.4, -0.2) is 9.97 Å². The molecule has 74 valence electrons. The Hall–Kier alpha value is -1.79. The number of pyridine rings is 1. The van der Waals surface area contributed by atoms with Crippen LogP contribution in [0.2, 0.25) is 0 Å².